The number of nitrogens with one attached hydrogen (secondary N) is 1. The number of benzene rings is 1. The predicted molar refractivity (Wildman–Crippen MR) is 140 cm³/mol. The van der Waals surface area contributed by atoms with Gasteiger partial charge in [0.2, 0.25) is 16.0 Å². The van der Waals surface area contributed by atoms with Crippen molar-refractivity contribution in [2.45, 2.75) is 57.5 Å². The van der Waals surface area contributed by atoms with Gasteiger partial charge in [-0.05, 0) is 46.2 Å². The number of methoxy groups -OCH3 is 2. The Bertz CT molecular complexity index is 1320. The summed E-state index contributed by atoms with van der Waals surface area (Å²) in [5, 5.41) is 7.57. The van der Waals surface area contributed by atoms with Gasteiger partial charge in [-0.25, -0.2) is 8.42 Å². The second kappa shape index (κ2) is 11.6. The first-order chi connectivity index (χ1) is 18.2. The van der Waals surface area contributed by atoms with Crippen molar-refractivity contribution in [1.29, 1.82) is 0 Å². The van der Waals surface area contributed by atoms with Crippen molar-refractivity contribution in [2.24, 2.45) is 0 Å². The molecule has 0 radical (unpaired) electrons. The van der Waals surface area contributed by atoms with Gasteiger partial charge in [-0.15, -0.1) is 10.2 Å². The number of nitrogens with zero attached hydrogens (tertiary/aromatic N) is 5. The highest BCUT2D eigenvalue weighted by molar-refractivity contribution is 7.93. The van der Waals surface area contributed by atoms with Gasteiger partial charge in [0.1, 0.15) is 34.4 Å². The van der Waals surface area contributed by atoms with Crippen molar-refractivity contribution >= 4 is 16.0 Å². The van der Waals surface area contributed by atoms with Crippen LogP contribution in [0.2, 0.25) is 0 Å². The second-order valence-electron chi connectivity index (χ2n) is 9.33. The van der Waals surface area contributed by atoms with Crippen LogP contribution in [0, 0.1) is 6.92 Å². The molecule has 1 N–H and O–H groups in total. The summed E-state index contributed by atoms with van der Waals surface area (Å²) >= 11 is 0. The van der Waals surface area contributed by atoms with E-state index in [-0.39, 0.29) is 18.0 Å². The van der Waals surface area contributed by atoms with Crippen LogP contribution in [0.5, 0.6) is 11.5 Å². The van der Waals surface area contributed by atoms with Crippen LogP contribution in [0.3, 0.4) is 0 Å². The van der Waals surface area contributed by atoms with E-state index in [1.807, 2.05) is 20.8 Å². The SMILES string of the molecule is COc1cccc(OC)c1-n1c(NS(=O)(=O)[C@H](C)[C@H](OC(C)C)c2cnc(C)cn2)nnc1[C@@H]1CCOC1. The molecule has 0 saturated carbocycles. The van der Waals surface area contributed by atoms with E-state index >= 15 is 0 Å². The molecule has 0 amide bonds. The molecular formula is C25H34N6O6S. The van der Waals surface area contributed by atoms with Crippen molar-refractivity contribution in [2.75, 3.05) is 32.2 Å². The molecule has 4 rings (SSSR count). The zero-order valence-corrected chi connectivity index (χ0v) is 23.2. The van der Waals surface area contributed by atoms with E-state index in [1.165, 1.54) is 20.4 Å². The second-order valence-corrected chi connectivity index (χ2v) is 11.4. The molecule has 0 spiro atoms. The van der Waals surface area contributed by atoms with Gasteiger partial charge < -0.3 is 18.9 Å². The molecule has 38 heavy (non-hydrogen) atoms. The Hall–Kier alpha value is -3.29. The third-order valence-electron chi connectivity index (χ3n) is 6.27. The zero-order chi connectivity index (χ0) is 27.4. The first kappa shape index (κ1) is 27.7. The first-order valence-electron chi connectivity index (χ1n) is 12.4. The monoisotopic (exact) mass is 546 g/mol. The Balaban J connectivity index is 1.78. The maximum Gasteiger partial charge on any atom is 0.243 e. The Morgan fingerprint density at radius 1 is 1.08 bits per heavy atom. The minimum atomic E-state index is -4.08. The fraction of sp³-hybridized carbons (Fsp3) is 0.520. The summed E-state index contributed by atoms with van der Waals surface area (Å²) in [6.07, 6.45) is 2.71. The number of rotatable bonds is 11. The van der Waals surface area contributed by atoms with Crippen LogP contribution < -0.4 is 14.2 Å². The van der Waals surface area contributed by atoms with Gasteiger partial charge in [-0.3, -0.25) is 19.3 Å². The molecule has 12 nitrogen and oxygen atoms in total. The summed E-state index contributed by atoms with van der Waals surface area (Å²) in [6.45, 7) is 8.05. The fourth-order valence-electron chi connectivity index (χ4n) is 4.28. The van der Waals surface area contributed by atoms with Crippen molar-refractivity contribution in [3.8, 4) is 17.2 Å². The van der Waals surface area contributed by atoms with Gasteiger partial charge in [-0.1, -0.05) is 6.07 Å². The first-order valence-corrected chi connectivity index (χ1v) is 13.9. The van der Waals surface area contributed by atoms with E-state index in [9.17, 15) is 8.42 Å². The van der Waals surface area contributed by atoms with E-state index in [0.717, 1.165) is 6.42 Å². The molecule has 1 fully saturated rings. The van der Waals surface area contributed by atoms with Crippen LogP contribution >= 0.6 is 0 Å². The molecule has 0 bridgehead atoms. The van der Waals surface area contributed by atoms with E-state index in [0.29, 0.717) is 47.6 Å². The van der Waals surface area contributed by atoms with Gasteiger partial charge >= 0.3 is 0 Å². The molecule has 3 aromatic rings. The number of aryl methyl sites for hydroxylation is 1. The number of aromatic nitrogens is 5. The Kier molecular flexibility index (Phi) is 8.48. The standard InChI is InChI=1S/C25H34N6O6S/c1-15(2)37-23(19-13-26-16(3)12-27-19)17(4)38(32,33)30-25-29-28-24(18-10-11-36-14-18)31(25)22-20(34-5)8-7-9-21(22)35-6/h7-9,12-13,15,17-18,23H,10-11,14H2,1-6H3,(H,29,30)/t17-,18-,23+/m1/s1. The van der Waals surface area contributed by atoms with E-state index in [4.69, 9.17) is 18.9 Å². The maximum absolute atomic E-state index is 13.8. The van der Waals surface area contributed by atoms with E-state index in [2.05, 4.69) is 24.9 Å². The van der Waals surface area contributed by atoms with Crippen LogP contribution in [0.1, 0.15) is 56.4 Å². The summed E-state index contributed by atoms with van der Waals surface area (Å²) in [5.41, 5.74) is 1.61. The molecule has 0 unspecified atom stereocenters. The lowest BCUT2D eigenvalue weighted by atomic mass is 10.1. The highest BCUT2D eigenvalue weighted by atomic mass is 32.2. The molecule has 13 heteroatoms. The molecule has 3 atom stereocenters. The van der Waals surface area contributed by atoms with E-state index < -0.39 is 21.4 Å². The highest BCUT2D eigenvalue weighted by Gasteiger charge is 2.36. The lowest BCUT2D eigenvalue weighted by Gasteiger charge is -2.26. The van der Waals surface area contributed by atoms with Crippen LogP contribution in [0.4, 0.5) is 5.95 Å². The molecule has 1 aliphatic rings. The Morgan fingerprint density at radius 3 is 2.34 bits per heavy atom. The summed E-state index contributed by atoms with van der Waals surface area (Å²) in [6, 6.07) is 5.30. The summed E-state index contributed by atoms with van der Waals surface area (Å²) in [7, 11) is -1.01. The highest BCUT2D eigenvalue weighted by Crippen LogP contribution is 2.38. The molecular weight excluding hydrogens is 512 g/mol. The molecule has 0 aliphatic carbocycles. The van der Waals surface area contributed by atoms with Crippen LogP contribution in [0.25, 0.3) is 5.69 Å². The largest absolute Gasteiger partial charge is 0.494 e. The van der Waals surface area contributed by atoms with Crippen molar-refractivity contribution < 1.29 is 27.4 Å². The Morgan fingerprint density at radius 2 is 1.79 bits per heavy atom. The number of hydrogen-bond donors (Lipinski definition) is 1. The molecule has 2 aromatic heterocycles. The fourth-order valence-corrected chi connectivity index (χ4v) is 5.39. The number of ether oxygens (including phenoxy) is 4. The maximum atomic E-state index is 13.8. The van der Waals surface area contributed by atoms with Crippen LogP contribution in [-0.4, -0.2) is 71.9 Å². The summed E-state index contributed by atoms with van der Waals surface area (Å²) < 4.78 is 54.7. The van der Waals surface area contributed by atoms with Crippen molar-refractivity contribution in [1.82, 2.24) is 24.7 Å². The minimum Gasteiger partial charge on any atom is -0.494 e. The molecule has 1 aliphatic heterocycles. The number of sulfonamides is 1. The van der Waals surface area contributed by atoms with Crippen molar-refractivity contribution in [3.05, 3.63) is 47.8 Å². The van der Waals surface area contributed by atoms with E-state index in [1.54, 1.807) is 35.9 Å². The normalized spacial score (nSPS) is 17.4. The molecule has 206 valence electrons. The molecule has 1 aromatic carbocycles. The van der Waals surface area contributed by atoms with Crippen molar-refractivity contribution in [3.63, 3.8) is 0 Å². The van der Waals surface area contributed by atoms with Gasteiger partial charge in [0, 0.05) is 18.7 Å². The Labute approximate surface area is 222 Å². The molecule has 1 saturated heterocycles. The van der Waals surface area contributed by atoms with Gasteiger partial charge in [0.15, 0.2) is 0 Å². The lowest BCUT2D eigenvalue weighted by molar-refractivity contribution is 0.00394. The topological polar surface area (TPSA) is 140 Å². The van der Waals surface area contributed by atoms with Crippen LogP contribution in [0.15, 0.2) is 30.6 Å². The predicted octanol–water partition coefficient (Wildman–Crippen LogP) is 3.18. The third kappa shape index (κ3) is 5.74. The van der Waals surface area contributed by atoms with Crippen LogP contribution in [-0.2, 0) is 19.5 Å². The van der Waals surface area contributed by atoms with Gasteiger partial charge in [-0.2, -0.15) is 0 Å². The summed E-state index contributed by atoms with van der Waals surface area (Å²) in [4.78, 5) is 8.65. The number of para-hydroxylation sites is 1. The third-order valence-corrected chi connectivity index (χ3v) is 7.96. The number of anilines is 1. The minimum absolute atomic E-state index is 0.000151. The van der Waals surface area contributed by atoms with Gasteiger partial charge in [0.05, 0.1) is 44.5 Å². The van der Waals surface area contributed by atoms with Gasteiger partial charge in [0.25, 0.3) is 0 Å². The lowest BCUT2D eigenvalue weighted by Crippen LogP contribution is -2.34. The average Bonchev–Trinajstić information content (AvgIpc) is 3.56. The number of hydrogen-bond acceptors (Lipinski definition) is 10. The zero-order valence-electron chi connectivity index (χ0n) is 22.4. The average molecular weight is 547 g/mol. The summed E-state index contributed by atoms with van der Waals surface area (Å²) in [5.74, 6) is 1.38. The smallest absolute Gasteiger partial charge is 0.243 e. The quantitative estimate of drug-likeness (QED) is 0.381. The molecule has 3 heterocycles.